The minimum absolute atomic E-state index is 0.0257. The van der Waals surface area contributed by atoms with Crippen LogP contribution in [0.1, 0.15) is 13.3 Å². The first-order chi connectivity index (χ1) is 10.6. The van der Waals surface area contributed by atoms with Crippen LogP contribution in [0.3, 0.4) is 0 Å². The summed E-state index contributed by atoms with van der Waals surface area (Å²) < 4.78 is 2.13. The van der Waals surface area contributed by atoms with Crippen LogP contribution in [0.5, 0.6) is 0 Å². The van der Waals surface area contributed by atoms with Crippen molar-refractivity contribution in [1.29, 1.82) is 0 Å². The molecule has 1 amide bonds. The van der Waals surface area contributed by atoms with Gasteiger partial charge < -0.3 is 10.6 Å². The smallest absolute Gasteiger partial charge is 0.261 e. The van der Waals surface area contributed by atoms with Crippen molar-refractivity contribution in [2.75, 3.05) is 19.6 Å². The lowest BCUT2D eigenvalue weighted by molar-refractivity contribution is -0.121. The molecule has 0 atom stereocenters. The molecule has 0 fully saturated rings. The molecule has 0 aliphatic rings. The Morgan fingerprint density at radius 3 is 2.91 bits per heavy atom. The lowest BCUT2D eigenvalue weighted by Gasteiger charge is -2.08. The third-order valence-corrected chi connectivity index (χ3v) is 3.64. The molecule has 2 N–H and O–H groups in total. The number of halogens is 1. The van der Waals surface area contributed by atoms with Crippen molar-refractivity contribution >= 4 is 32.7 Å². The van der Waals surface area contributed by atoms with Crippen molar-refractivity contribution in [3.63, 3.8) is 0 Å². The summed E-state index contributed by atoms with van der Waals surface area (Å²) in [5.41, 5.74) is 0.402. The van der Waals surface area contributed by atoms with E-state index < -0.39 is 0 Å². The van der Waals surface area contributed by atoms with Crippen LogP contribution in [-0.4, -0.2) is 35.1 Å². The van der Waals surface area contributed by atoms with Crippen LogP contribution >= 0.6 is 15.9 Å². The lowest BCUT2D eigenvalue weighted by Crippen LogP contribution is -2.36. The Kier molecular flexibility index (Phi) is 6.09. The molecule has 0 unspecified atom stereocenters. The third kappa shape index (κ3) is 4.38. The lowest BCUT2D eigenvalue weighted by atomic mass is 10.2. The zero-order chi connectivity index (χ0) is 15.9. The summed E-state index contributed by atoms with van der Waals surface area (Å²) in [7, 11) is 0. The van der Waals surface area contributed by atoms with Crippen LogP contribution in [0.4, 0.5) is 0 Å². The van der Waals surface area contributed by atoms with Crippen molar-refractivity contribution in [2.45, 2.75) is 19.9 Å². The second-order valence-corrected chi connectivity index (χ2v) is 5.85. The van der Waals surface area contributed by atoms with Crippen molar-refractivity contribution in [3.8, 4) is 0 Å². The van der Waals surface area contributed by atoms with Crippen molar-refractivity contribution < 1.29 is 4.79 Å². The summed E-state index contributed by atoms with van der Waals surface area (Å²) in [4.78, 5) is 28.4. The summed E-state index contributed by atoms with van der Waals surface area (Å²) in [6.45, 7) is 4.25. The number of nitrogens with one attached hydrogen (secondary N) is 2. The van der Waals surface area contributed by atoms with Crippen LogP contribution < -0.4 is 16.2 Å². The highest BCUT2D eigenvalue weighted by Gasteiger charge is 2.08. The van der Waals surface area contributed by atoms with Gasteiger partial charge in [0.25, 0.3) is 5.56 Å². The topological polar surface area (TPSA) is 76.0 Å². The van der Waals surface area contributed by atoms with Crippen LogP contribution in [0.2, 0.25) is 0 Å². The fraction of sp³-hybridized carbons (Fsp3) is 0.400. The molecule has 0 radical (unpaired) electrons. The first-order valence-corrected chi connectivity index (χ1v) is 8.03. The van der Waals surface area contributed by atoms with Gasteiger partial charge in [0.05, 0.1) is 17.2 Å². The minimum atomic E-state index is -0.217. The Morgan fingerprint density at radius 2 is 2.14 bits per heavy atom. The van der Waals surface area contributed by atoms with E-state index in [0.29, 0.717) is 17.4 Å². The highest BCUT2D eigenvalue weighted by atomic mass is 79.9. The fourth-order valence-electron chi connectivity index (χ4n) is 2.05. The predicted octanol–water partition coefficient (Wildman–Crippen LogP) is 1.27. The molecule has 6 nitrogen and oxygen atoms in total. The molecule has 0 aliphatic carbocycles. The normalized spacial score (nSPS) is 10.8. The highest BCUT2D eigenvalue weighted by Crippen LogP contribution is 2.14. The van der Waals surface area contributed by atoms with E-state index in [1.807, 2.05) is 6.07 Å². The summed E-state index contributed by atoms with van der Waals surface area (Å²) >= 11 is 3.33. The maximum atomic E-state index is 12.3. The Hall–Kier alpha value is -1.73. The Balaban J connectivity index is 2.01. The number of fused-ring (bicyclic) bond motifs is 1. The number of carbonyl (C=O) groups excluding carboxylic acids is 1. The van der Waals surface area contributed by atoms with E-state index in [1.165, 1.54) is 10.9 Å². The standard InChI is InChI=1S/C15H19BrN4O2/c1-2-5-17-6-7-18-14(21)9-20-10-19-13-4-3-11(16)8-12(13)15(20)22/h3-4,8,10,17H,2,5-7,9H2,1H3,(H,18,21). The van der Waals surface area contributed by atoms with Gasteiger partial charge in [0.1, 0.15) is 6.54 Å². The number of nitrogens with zero attached hydrogens (tertiary/aromatic N) is 2. The van der Waals surface area contributed by atoms with E-state index in [0.717, 1.165) is 24.0 Å². The molecule has 1 aromatic heterocycles. The Labute approximate surface area is 137 Å². The maximum Gasteiger partial charge on any atom is 0.261 e. The quantitative estimate of drug-likeness (QED) is 0.723. The second kappa shape index (κ2) is 8.05. The average molecular weight is 367 g/mol. The molecule has 2 rings (SSSR count). The Bertz CT molecular complexity index is 714. The Morgan fingerprint density at radius 1 is 1.32 bits per heavy atom. The number of amides is 1. The van der Waals surface area contributed by atoms with Gasteiger partial charge in [0.15, 0.2) is 0 Å². The number of hydrogen-bond acceptors (Lipinski definition) is 4. The van der Waals surface area contributed by atoms with Gasteiger partial charge in [-0.1, -0.05) is 22.9 Å². The molecule has 118 valence electrons. The molecular formula is C15H19BrN4O2. The van der Waals surface area contributed by atoms with Gasteiger partial charge in [-0.25, -0.2) is 4.98 Å². The molecule has 0 saturated heterocycles. The summed E-state index contributed by atoms with van der Waals surface area (Å²) in [6, 6.07) is 5.31. The van der Waals surface area contributed by atoms with E-state index in [-0.39, 0.29) is 18.0 Å². The largest absolute Gasteiger partial charge is 0.353 e. The second-order valence-electron chi connectivity index (χ2n) is 4.94. The van der Waals surface area contributed by atoms with Gasteiger partial charge >= 0.3 is 0 Å². The number of aromatic nitrogens is 2. The first kappa shape index (κ1) is 16.6. The molecule has 0 bridgehead atoms. The van der Waals surface area contributed by atoms with Gasteiger partial charge in [-0.15, -0.1) is 0 Å². The van der Waals surface area contributed by atoms with Crippen molar-refractivity contribution in [1.82, 2.24) is 20.2 Å². The molecule has 1 heterocycles. The molecule has 0 aliphatic heterocycles. The van der Waals surface area contributed by atoms with Crippen LogP contribution in [0.25, 0.3) is 10.9 Å². The van der Waals surface area contributed by atoms with Crippen LogP contribution in [0, 0.1) is 0 Å². The fourth-order valence-corrected chi connectivity index (χ4v) is 2.41. The number of carbonyl (C=O) groups is 1. The molecule has 2 aromatic rings. The van der Waals surface area contributed by atoms with Crippen molar-refractivity contribution in [3.05, 3.63) is 39.4 Å². The molecular weight excluding hydrogens is 348 g/mol. The third-order valence-electron chi connectivity index (χ3n) is 3.15. The molecule has 1 aromatic carbocycles. The van der Waals surface area contributed by atoms with Gasteiger partial charge in [0.2, 0.25) is 5.91 Å². The molecule has 7 heteroatoms. The monoisotopic (exact) mass is 366 g/mol. The number of benzene rings is 1. The van der Waals surface area contributed by atoms with Crippen LogP contribution in [-0.2, 0) is 11.3 Å². The van der Waals surface area contributed by atoms with Gasteiger partial charge in [-0.3, -0.25) is 14.2 Å². The predicted molar refractivity (Wildman–Crippen MR) is 89.9 cm³/mol. The van der Waals surface area contributed by atoms with Gasteiger partial charge in [0, 0.05) is 17.6 Å². The van der Waals surface area contributed by atoms with Gasteiger partial charge in [-0.2, -0.15) is 0 Å². The summed E-state index contributed by atoms with van der Waals surface area (Å²) in [5, 5.41) is 6.47. The minimum Gasteiger partial charge on any atom is -0.353 e. The SMILES string of the molecule is CCCNCCNC(=O)Cn1cnc2ccc(Br)cc2c1=O. The zero-order valence-electron chi connectivity index (χ0n) is 12.4. The number of hydrogen-bond donors (Lipinski definition) is 2. The van der Waals surface area contributed by atoms with Crippen molar-refractivity contribution in [2.24, 2.45) is 0 Å². The van der Waals surface area contributed by atoms with Gasteiger partial charge in [-0.05, 0) is 31.2 Å². The van der Waals surface area contributed by atoms with E-state index in [9.17, 15) is 9.59 Å². The summed E-state index contributed by atoms with van der Waals surface area (Å²) in [6.07, 6.45) is 2.47. The highest BCUT2D eigenvalue weighted by molar-refractivity contribution is 9.10. The molecule has 0 spiro atoms. The van der Waals surface area contributed by atoms with E-state index >= 15 is 0 Å². The molecule has 22 heavy (non-hydrogen) atoms. The van der Waals surface area contributed by atoms with E-state index in [2.05, 4.69) is 38.5 Å². The van der Waals surface area contributed by atoms with E-state index in [4.69, 9.17) is 0 Å². The maximum absolute atomic E-state index is 12.3. The summed E-state index contributed by atoms with van der Waals surface area (Å²) in [5.74, 6) is -0.198. The molecule has 0 saturated carbocycles. The van der Waals surface area contributed by atoms with Crippen LogP contribution in [0.15, 0.2) is 33.8 Å². The number of rotatable bonds is 7. The zero-order valence-corrected chi connectivity index (χ0v) is 14.0. The first-order valence-electron chi connectivity index (χ1n) is 7.24. The van der Waals surface area contributed by atoms with E-state index in [1.54, 1.807) is 12.1 Å². The average Bonchev–Trinajstić information content (AvgIpc) is 2.50.